The number of alkyl halides is 3. The van der Waals surface area contributed by atoms with Crippen molar-refractivity contribution in [3.05, 3.63) is 24.0 Å². The standard InChI is InChI=1S/C16H20F3N3O3S/c17-16(18,19)14-13(2-1-5-20-14)26(23,24)22-10-15(11-22)8-21(9-15)12-3-6-25-7-4-12/h1-2,5,12H,3-4,6-11H2. The van der Waals surface area contributed by atoms with E-state index in [1.54, 1.807) is 0 Å². The zero-order valence-corrected chi connectivity index (χ0v) is 14.9. The second-order valence-electron chi connectivity index (χ2n) is 7.37. The Labute approximate surface area is 150 Å². The highest BCUT2D eigenvalue weighted by molar-refractivity contribution is 7.89. The number of aromatic nitrogens is 1. The Morgan fingerprint density at radius 3 is 2.42 bits per heavy atom. The molecular weight excluding hydrogens is 371 g/mol. The molecule has 0 unspecified atom stereocenters. The maximum Gasteiger partial charge on any atom is 0.434 e. The zero-order valence-electron chi connectivity index (χ0n) is 14.1. The Morgan fingerprint density at radius 2 is 1.81 bits per heavy atom. The second kappa shape index (κ2) is 6.15. The van der Waals surface area contributed by atoms with Crippen molar-refractivity contribution in [1.29, 1.82) is 0 Å². The summed E-state index contributed by atoms with van der Waals surface area (Å²) < 4.78 is 71.0. The highest BCUT2D eigenvalue weighted by Crippen LogP contribution is 2.45. The fourth-order valence-electron chi connectivity index (χ4n) is 4.15. The number of likely N-dealkylation sites (tertiary alicyclic amines) is 1. The fourth-order valence-corrected chi connectivity index (χ4v) is 5.98. The minimum atomic E-state index is -4.80. The molecule has 144 valence electrons. The van der Waals surface area contributed by atoms with Crippen molar-refractivity contribution in [1.82, 2.24) is 14.2 Å². The lowest BCUT2D eigenvalue weighted by Gasteiger charge is -2.61. The number of sulfonamides is 1. The molecule has 0 amide bonds. The molecule has 26 heavy (non-hydrogen) atoms. The first-order valence-electron chi connectivity index (χ1n) is 8.56. The third-order valence-corrected chi connectivity index (χ3v) is 7.29. The van der Waals surface area contributed by atoms with Crippen LogP contribution in [0.2, 0.25) is 0 Å². The average molecular weight is 391 g/mol. The van der Waals surface area contributed by atoms with E-state index < -0.39 is 26.8 Å². The predicted molar refractivity (Wildman–Crippen MR) is 85.8 cm³/mol. The van der Waals surface area contributed by atoms with Gasteiger partial charge in [-0.15, -0.1) is 0 Å². The minimum Gasteiger partial charge on any atom is -0.381 e. The van der Waals surface area contributed by atoms with Crippen molar-refractivity contribution in [3.63, 3.8) is 0 Å². The lowest BCUT2D eigenvalue weighted by molar-refractivity contribution is -0.143. The lowest BCUT2D eigenvalue weighted by atomic mass is 9.73. The van der Waals surface area contributed by atoms with Gasteiger partial charge >= 0.3 is 6.18 Å². The van der Waals surface area contributed by atoms with Crippen LogP contribution < -0.4 is 0 Å². The van der Waals surface area contributed by atoms with Gasteiger partial charge in [0, 0.05) is 57.0 Å². The van der Waals surface area contributed by atoms with Gasteiger partial charge in [0.2, 0.25) is 10.0 Å². The quantitative estimate of drug-likeness (QED) is 0.783. The van der Waals surface area contributed by atoms with Crippen LogP contribution in [0.3, 0.4) is 0 Å². The first-order valence-corrected chi connectivity index (χ1v) is 10.00. The highest BCUT2D eigenvalue weighted by Gasteiger charge is 2.57. The van der Waals surface area contributed by atoms with Gasteiger partial charge in [0.05, 0.1) is 0 Å². The fraction of sp³-hybridized carbons (Fsp3) is 0.688. The monoisotopic (exact) mass is 391 g/mol. The van der Waals surface area contributed by atoms with E-state index in [-0.39, 0.29) is 18.5 Å². The van der Waals surface area contributed by atoms with Crippen molar-refractivity contribution in [3.8, 4) is 0 Å². The minimum absolute atomic E-state index is 0.119. The molecule has 3 saturated heterocycles. The smallest absolute Gasteiger partial charge is 0.381 e. The zero-order chi connectivity index (χ0) is 18.6. The molecule has 0 bridgehead atoms. The maximum absolute atomic E-state index is 13.1. The molecule has 4 rings (SSSR count). The van der Waals surface area contributed by atoms with E-state index in [1.807, 2.05) is 0 Å². The molecule has 1 aromatic rings. The summed E-state index contributed by atoms with van der Waals surface area (Å²) in [5.74, 6) is 0. The molecule has 0 atom stereocenters. The molecule has 1 spiro atoms. The summed E-state index contributed by atoms with van der Waals surface area (Å²) in [6, 6.07) is 2.66. The third kappa shape index (κ3) is 3.02. The van der Waals surface area contributed by atoms with Crippen LogP contribution >= 0.6 is 0 Å². The van der Waals surface area contributed by atoms with E-state index in [4.69, 9.17) is 4.74 Å². The summed E-state index contributed by atoms with van der Waals surface area (Å²) in [6.07, 6.45) is -1.90. The van der Waals surface area contributed by atoms with Gasteiger partial charge in [0.1, 0.15) is 4.90 Å². The SMILES string of the molecule is O=S(=O)(c1cccnc1C(F)(F)F)N1CC2(CN(C3CCOCC3)C2)C1. The van der Waals surface area contributed by atoms with E-state index in [0.717, 1.165) is 55.7 Å². The van der Waals surface area contributed by atoms with Gasteiger partial charge in [-0.1, -0.05) is 0 Å². The van der Waals surface area contributed by atoms with Gasteiger partial charge in [-0.05, 0) is 25.0 Å². The van der Waals surface area contributed by atoms with Gasteiger partial charge in [-0.25, -0.2) is 8.42 Å². The number of hydrogen-bond acceptors (Lipinski definition) is 5. The summed E-state index contributed by atoms with van der Waals surface area (Å²) in [6.45, 7) is 3.61. The van der Waals surface area contributed by atoms with E-state index in [2.05, 4.69) is 9.88 Å². The normalized spacial score (nSPS) is 25.0. The van der Waals surface area contributed by atoms with Crippen LogP contribution in [0, 0.1) is 5.41 Å². The Morgan fingerprint density at radius 1 is 1.15 bits per heavy atom. The summed E-state index contributed by atoms with van der Waals surface area (Å²) in [5.41, 5.74) is -1.47. The van der Waals surface area contributed by atoms with Gasteiger partial charge in [0.15, 0.2) is 5.69 Å². The first kappa shape index (κ1) is 18.1. The lowest BCUT2D eigenvalue weighted by Crippen LogP contribution is -2.74. The highest BCUT2D eigenvalue weighted by atomic mass is 32.2. The topological polar surface area (TPSA) is 62.7 Å². The number of nitrogens with zero attached hydrogens (tertiary/aromatic N) is 3. The van der Waals surface area contributed by atoms with Gasteiger partial charge < -0.3 is 4.74 Å². The van der Waals surface area contributed by atoms with Crippen LogP contribution in [0.5, 0.6) is 0 Å². The Balaban J connectivity index is 1.43. The van der Waals surface area contributed by atoms with Crippen LogP contribution in [0.15, 0.2) is 23.2 Å². The molecular formula is C16H20F3N3O3S. The van der Waals surface area contributed by atoms with E-state index in [0.29, 0.717) is 6.04 Å². The summed E-state index contributed by atoms with van der Waals surface area (Å²) in [5, 5.41) is 0. The molecule has 3 aliphatic rings. The van der Waals surface area contributed by atoms with Crippen LogP contribution in [0.4, 0.5) is 13.2 Å². The van der Waals surface area contributed by atoms with Crippen LogP contribution in [0.1, 0.15) is 18.5 Å². The van der Waals surface area contributed by atoms with Crippen molar-refractivity contribution < 1.29 is 26.3 Å². The molecule has 10 heteroatoms. The number of rotatable bonds is 3. The van der Waals surface area contributed by atoms with E-state index in [9.17, 15) is 21.6 Å². The van der Waals surface area contributed by atoms with Crippen molar-refractivity contribution >= 4 is 10.0 Å². The molecule has 1 aromatic heterocycles. The molecule has 0 radical (unpaired) electrons. The number of halogens is 3. The molecule has 0 saturated carbocycles. The Kier molecular flexibility index (Phi) is 4.29. The largest absolute Gasteiger partial charge is 0.434 e. The molecule has 0 aromatic carbocycles. The number of pyridine rings is 1. The van der Waals surface area contributed by atoms with Crippen LogP contribution in [-0.2, 0) is 20.9 Å². The van der Waals surface area contributed by atoms with Crippen molar-refractivity contribution in [2.75, 3.05) is 39.4 Å². The predicted octanol–water partition coefficient (Wildman–Crippen LogP) is 1.59. The summed E-state index contributed by atoms with van der Waals surface area (Å²) >= 11 is 0. The maximum atomic E-state index is 13.1. The summed E-state index contributed by atoms with van der Waals surface area (Å²) in [7, 11) is -4.19. The molecule has 0 aliphatic carbocycles. The van der Waals surface area contributed by atoms with Gasteiger partial charge in [0.25, 0.3) is 0 Å². The number of hydrogen-bond donors (Lipinski definition) is 0. The van der Waals surface area contributed by atoms with E-state index in [1.165, 1.54) is 6.07 Å². The molecule has 3 fully saturated rings. The van der Waals surface area contributed by atoms with E-state index >= 15 is 0 Å². The van der Waals surface area contributed by atoms with Crippen LogP contribution in [0.25, 0.3) is 0 Å². The molecule has 3 aliphatic heterocycles. The molecule has 0 N–H and O–H groups in total. The van der Waals surface area contributed by atoms with Crippen molar-refractivity contribution in [2.45, 2.75) is 30.0 Å². The van der Waals surface area contributed by atoms with Crippen molar-refractivity contribution in [2.24, 2.45) is 5.41 Å². The van der Waals surface area contributed by atoms with Gasteiger partial charge in [-0.2, -0.15) is 17.5 Å². The molecule has 4 heterocycles. The average Bonchev–Trinajstić information content (AvgIpc) is 2.52. The van der Waals surface area contributed by atoms with Crippen LogP contribution in [-0.4, -0.2) is 68.0 Å². The summed E-state index contributed by atoms with van der Waals surface area (Å²) in [4.78, 5) is 4.82. The van der Waals surface area contributed by atoms with Gasteiger partial charge in [-0.3, -0.25) is 9.88 Å². The Bertz CT molecular complexity index is 779. The first-order chi connectivity index (χ1) is 12.2. The third-order valence-electron chi connectivity index (χ3n) is 5.46. The molecule has 6 nitrogen and oxygen atoms in total. The second-order valence-corrected chi connectivity index (χ2v) is 9.28. The number of ether oxygens (including phenoxy) is 1. The Hall–Kier alpha value is -1.23.